The van der Waals surface area contributed by atoms with Crippen LogP contribution in [0.5, 0.6) is 0 Å². The molecule has 0 spiro atoms. The molecule has 1 amide bonds. The Labute approximate surface area is 167 Å². The fourth-order valence-corrected chi connectivity index (χ4v) is 4.97. The van der Waals surface area contributed by atoms with Crippen LogP contribution >= 0.6 is 11.8 Å². The lowest BCUT2D eigenvalue weighted by molar-refractivity contribution is -0.134. The minimum absolute atomic E-state index is 0. The SMILES string of the molecule is C.C=C(SCC)C(CCC)NC(C)C(=O)N1CCC2CCCCC21.CC. The maximum absolute atomic E-state index is 12.9. The predicted octanol–water partition coefficient (Wildman–Crippen LogP) is 5.85. The number of nitrogens with one attached hydrogen (secondary N) is 1. The number of rotatable bonds is 8. The molecule has 1 aliphatic heterocycles. The van der Waals surface area contributed by atoms with E-state index in [1.165, 1.54) is 37.0 Å². The quantitative estimate of drug-likeness (QED) is 0.569. The number of nitrogens with zero attached hydrogens (tertiary/aromatic N) is 1. The minimum atomic E-state index is -0.110. The van der Waals surface area contributed by atoms with Crippen molar-refractivity contribution >= 4 is 17.7 Å². The molecule has 4 heteroatoms. The first-order chi connectivity index (χ1) is 12.1. The minimum Gasteiger partial charge on any atom is -0.338 e. The van der Waals surface area contributed by atoms with E-state index in [-0.39, 0.29) is 19.5 Å². The van der Waals surface area contributed by atoms with Gasteiger partial charge in [0.2, 0.25) is 5.91 Å². The number of thioether (sulfide) groups is 1. The van der Waals surface area contributed by atoms with Crippen molar-refractivity contribution in [2.75, 3.05) is 12.3 Å². The van der Waals surface area contributed by atoms with Gasteiger partial charge >= 0.3 is 0 Å². The molecule has 1 saturated carbocycles. The van der Waals surface area contributed by atoms with Gasteiger partial charge in [-0.2, -0.15) is 0 Å². The molecule has 0 aromatic rings. The molecule has 2 fully saturated rings. The average Bonchev–Trinajstić information content (AvgIpc) is 3.06. The van der Waals surface area contributed by atoms with Crippen molar-refractivity contribution in [3.63, 3.8) is 0 Å². The molecule has 4 unspecified atom stereocenters. The van der Waals surface area contributed by atoms with Crippen molar-refractivity contribution in [1.29, 1.82) is 0 Å². The summed E-state index contributed by atoms with van der Waals surface area (Å²) in [6.07, 6.45) is 8.53. The number of hydrogen-bond acceptors (Lipinski definition) is 3. The number of fused-ring (bicyclic) bond motifs is 1. The predicted molar refractivity (Wildman–Crippen MR) is 119 cm³/mol. The van der Waals surface area contributed by atoms with Gasteiger partial charge in [0.1, 0.15) is 0 Å². The first kappa shape index (κ1) is 25.5. The van der Waals surface area contributed by atoms with Gasteiger partial charge in [-0.15, -0.1) is 11.8 Å². The van der Waals surface area contributed by atoms with Crippen molar-refractivity contribution < 1.29 is 4.79 Å². The zero-order valence-corrected chi connectivity index (χ0v) is 18.0. The Morgan fingerprint density at radius 3 is 2.50 bits per heavy atom. The highest BCUT2D eigenvalue weighted by molar-refractivity contribution is 8.03. The van der Waals surface area contributed by atoms with Crippen LogP contribution in [-0.2, 0) is 4.79 Å². The molecule has 2 rings (SSSR count). The Hall–Kier alpha value is -0.480. The van der Waals surface area contributed by atoms with Crippen LogP contribution in [0.15, 0.2) is 11.5 Å². The van der Waals surface area contributed by atoms with E-state index in [1.54, 1.807) is 11.8 Å². The molecule has 0 aromatic heterocycles. The fraction of sp³-hybridized carbons (Fsp3) is 0.864. The van der Waals surface area contributed by atoms with Crippen LogP contribution in [0.3, 0.4) is 0 Å². The van der Waals surface area contributed by atoms with Crippen LogP contribution in [0.4, 0.5) is 0 Å². The Kier molecular flexibility index (Phi) is 13.4. The number of carbonyl (C=O) groups excluding carboxylic acids is 1. The summed E-state index contributed by atoms with van der Waals surface area (Å²) >= 11 is 1.80. The van der Waals surface area contributed by atoms with E-state index in [0.717, 1.165) is 31.1 Å². The van der Waals surface area contributed by atoms with E-state index >= 15 is 0 Å². The molecule has 1 aliphatic carbocycles. The van der Waals surface area contributed by atoms with Gasteiger partial charge in [-0.3, -0.25) is 10.1 Å². The van der Waals surface area contributed by atoms with Gasteiger partial charge in [0.15, 0.2) is 0 Å². The van der Waals surface area contributed by atoms with Gasteiger partial charge in [0, 0.05) is 18.6 Å². The van der Waals surface area contributed by atoms with Gasteiger partial charge in [0.25, 0.3) is 0 Å². The maximum Gasteiger partial charge on any atom is 0.239 e. The van der Waals surface area contributed by atoms with Crippen LogP contribution in [0.1, 0.15) is 87.0 Å². The van der Waals surface area contributed by atoms with Crippen LogP contribution in [-0.4, -0.2) is 41.2 Å². The third-order valence-corrected chi connectivity index (χ3v) is 6.35. The van der Waals surface area contributed by atoms with Crippen LogP contribution < -0.4 is 5.32 Å². The molecule has 0 bridgehead atoms. The molecule has 1 heterocycles. The van der Waals surface area contributed by atoms with Gasteiger partial charge in [-0.25, -0.2) is 0 Å². The second-order valence-electron chi connectivity index (χ2n) is 7.06. The molecule has 26 heavy (non-hydrogen) atoms. The molecule has 2 aliphatic rings. The summed E-state index contributed by atoms with van der Waals surface area (Å²) in [7, 11) is 0. The van der Waals surface area contributed by atoms with E-state index in [1.807, 2.05) is 20.8 Å². The van der Waals surface area contributed by atoms with E-state index in [0.29, 0.717) is 11.9 Å². The van der Waals surface area contributed by atoms with Gasteiger partial charge in [0.05, 0.1) is 6.04 Å². The summed E-state index contributed by atoms with van der Waals surface area (Å²) in [5.41, 5.74) is 0. The number of amides is 1. The summed E-state index contributed by atoms with van der Waals surface area (Å²) in [5.74, 6) is 2.10. The number of hydrogen-bond donors (Lipinski definition) is 1. The number of carbonyl (C=O) groups is 1. The van der Waals surface area contributed by atoms with E-state index in [4.69, 9.17) is 0 Å². The molecule has 0 aromatic carbocycles. The molecule has 3 nitrogen and oxygen atoms in total. The summed E-state index contributed by atoms with van der Waals surface area (Å²) in [4.78, 5) is 16.3. The second-order valence-corrected chi connectivity index (χ2v) is 8.45. The molecular formula is C22H44N2OS. The van der Waals surface area contributed by atoms with Crippen LogP contribution in [0, 0.1) is 5.92 Å². The summed E-state index contributed by atoms with van der Waals surface area (Å²) < 4.78 is 0. The highest BCUT2D eigenvalue weighted by atomic mass is 32.2. The molecule has 4 atom stereocenters. The van der Waals surface area contributed by atoms with Crippen molar-refractivity contribution in [2.45, 2.75) is 105 Å². The molecule has 154 valence electrons. The topological polar surface area (TPSA) is 32.3 Å². The highest BCUT2D eigenvalue weighted by Crippen LogP contribution is 2.36. The Morgan fingerprint density at radius 1 is 1.23 bits per heavy atom. The van der Waals surface area contributed by atoms with Gasteiger partial charge < -0.3 is 4.90 Å². The summed E-state index contributed by atoms with van der Waals surface area (Å²) in [6, 6.07) is 0.647. The lowest BCUT2D eigenvalue weighted by Crippen LogP contribution is -2.51. The van der Waals surface area contributed by atoms with E-state index in [9.17, 15) is 4.79 Å². The average molecular weight is 385 g/mol. The lowest BCUT2D eigenvalue weighted by atomic mass is 9.85. The van der Waals surface area contributed by atoms with Crippen LogP contribution in [0.25, 0.3) is 0 Å². The number of likely N-dealkylation sites (tertiary alicyclic amines) is 1. The standard InChI is InChI=1S/C19H34N2OS.C2H6.CH4/c1-5-9-17(15(4)23-6-2)20-14(3)19(22)21-13-12-16-10-7-8-11-18(16)21;1-2;/h14,16-18,20H,4-13H2,1-3H3;1-2H3;1H4. The monoisotopic (exact) mass is 384 g/mol. The van der Waals surface area contributed by atoms with Gasteiger partial charge in [-0.1, -0.05) is 61.0 Å². The lowest BCUT2D eigenvalue weighted by Gasteiger charge is -2.34. The van der Waals surface area contributed by atoms with Gasteiger partial charge in [-0.05, 0) is 49.2 Å². The van der Waals surface area contributed by atoms with Crippen molar-refractivity contribution in [1.82, 2.24) is 10.2 Å². The normalized spacial score (nSPS) is 23.8. The molecule has 0 radical (unpaired) electrons. The molecular weight excluding hydrogens is 340 g/mol. The van der Waals surface area contributed by atoms with Crippen molar-refractivity contribution in [3.05, 3.63) is 11.5 Å². The zero-order valence-electron chi connectivity index (χ0n) is 17.1. The first-order valence-corrected chi connectivity index (χ1v) is 11.4. The fourth-order valence-electron chi connectivity index (χ4n) is 4.21. The smallest absolute Gasteiger partial charge is 0.239 e. The Bertz CT molecular complexity index is 413. The molecule has 1 N–H and O–H groups in total. The Morgan fingerprint density at radius 2 is 1.88 bits per heavy atom. The maximum atomic E-state index is 12.9. The largest absolute Gasteiger partial charge is 0.338 e. The van der Waals surface area contributed by atoms with Crippen LogP contribution in [0.2, 0.25) is 0 Å². The highest BCUT2D eigenvalue weighted by Gasteiger charge is 2.39. The zero-order chi connectivity index (χ0) is 18.8. The molecule has 1 saturated heterocycles. The second kappa shape index (κ2) is 13.7. The third kappa shape index (κ3) is 6.92. The van der Waals surface area contributed by atoms with Crippen molar-refractivity contribution in [2.24, 2.45) is 5.92 Å². The van der Waals surface area contributed by atoms with E-state index in [2.05, 4.69) is 30.6 Å². The van der Waals surface area contributed by atoms with E-state index < -0.39 is 0 Å². The third-order valence-electron chi connectivity index (χ3n) is 5.41. The summed E-state index contributed by atoms with van der Waals surface area (Å²) in [5, 5.41) is 3.56. The first-order valence-electron chi connectivity index (χ1n) is 10.5. The summed E-state index contributed by atoms with van der Waals surface area (Å²) in [6.45, 7) is 15.6. The van der Waals surface area contributed by atoms with Crippen molar-refractivity contribution in [3.8, 4) is 0 Å². The Balaban J connectivity index is 0.00000201.